The van der Waals surface area contributed by atoms with Gasteiger partial charge in [0.25, 0.3) is 0 Å². The zero-order valence-electron chi connectivity index (χ0n) is 7.93. The molecule has 1 rings (SSSR count). The molecule has 0 spiro atoms. The summed E-state index contributed by atoms with van der Waals surface area (Å²) in [5, 5.41) is 18.3. The van der Waals surface area contributed by atoms with Gasteiger partial charge in [-0.05, 0) is 49.0 Å². The quantitative estimate of drug-likeness (QED) is 0.723. The SMILES string of the molecule is Cc1cc(Br)c(C)c(C)c1B(O)O. The fourth-order valence-corrected chi connectivity index (χ4v) is 2.09. The summed E-state index contributed by atoms with van der Waals surface area (Å²) in [5.41, 5.74) is 3.49. The lowest BCUT2D eigenvalue weighted by Crippen LogP contribution is -2.35. The van der Waals surface area contributed by atoms with Crippen molar-refractivity contribution in [3.05, 3.63) is 27.2 Å². The molecule has 0 unspecified atom stereocenters. The fraction of sp³-hybridized carbons (Fsp3) is 0.333. The Morgan fingerprint density at radius 3 is 2.15 bits per heavy atom. The van der Waals surface area contributed by atoms with E-state index in [-0.39, 0.29) is 0 Å². The molecule has 4 heteroatoms. The van der Waals surface area contributed by atoms with Crippen LogP contribution >= 0.6 is 15.9 Å². The van der Waals surface area contributed by atoms with Gasteiger partial charge in [-0.25, -0.2) is 0 Å². The zero-order chi connectivity index (χ0) is 10.2. The molecule has 0 saturated carbocycles. The molecule has 0 aliphatic heterocycles. The highest BCUT2D eigenvalue weighted by Gasteiger charge is 2.18. The van der Waals surface area contributed by atoms with Gasteiger partial charge in [-0.3, -0.25) is 0 Å². The summed E-state index contributed by atoms with van der Waals surface area (Å²) in [5.74, 6) is 0. The predicted octanol–water partition coefficient (Wildman–Crippen LogP) is 1.05. The molecule has 0 bridgehead atoms. The van der Waals surface area contributed by atoms with E-state index in [4.69, 9.17) is 10.0 Å². The van der Waals surface area contributed by atoms with E-state index in [1.807, 2.05) is 26.8 Å². The van der Waals surface area contributed by atoms with Crippen molar-refractivity contribution in [1.29, 1.82) is 0 Å². The molecule has 70 valence electrons. The lowest BCUT2D eigenvalue weighted by atomic mass is 9.73. The van der Waals surface area contributed by atoms with Crippen molar-refractivity contribution in [1.82, 2.24) is 0 Å². The second kappa shape index (κ2) is 3.82. The van der Waals surface area contributed by atoms with E-state index >= 15 is 0 Å². The summed E-state index contributed by atoms with van der Waals surface area (Å²) in [7, 11) is -1.38. The first kappa shape index (κ1) is 10.8. The van der Waals surface area contributed by atoms with Gasteiger partial charge >= 0.3 is 7.12 Å². The molecule has 0 heterocycles. The lowest BCUT2D eigenvalue weighted by molar-refractivity contribution is 0.425. The summed E-state index contributed by atoms with van der Waals surface area (Å²) in [6.45, 7) is 5.71. The van der Waals surface area contributed by atoms with Crippen molar-refractivity contribution in [2.24, 2.45) is 0 Å². The Morgan fingerprint density at radius 2 is 1.69 bits per heavy atom. The monoisotopic (exact) mass is 242 g/mol. The van der Waals surface area contributed by atoms with E-state index in [0.717, 1.165) is 21.2 Å². The van der Waals surface area contributed by atoms with Crippen LogP contribution in [-0.2, 0) is 0 Å². The number of halogens is 1. The summed E-state index contributed by atoms with van der Waals surface area (Å²) in [6.07, 6.45) is 0. The van der Waals surface area contributed by atoms with Crippen LogP contribution in [0.4, 0.5) is 0 Å². The normalized spacial score (nSPS) is 10.3. The Kier molecular flexibility index (Phi) is 3.16. The van der Waals surface area contributed by atoms with Gasteiger partial charge in [-0.2, -0.15) is 0 Å². The van der Waals surface area contributed by atoms with Gasteiger partial charge in [0.15, 0.2) is 0 Å². The fourth-order valence-electron chi connectivity index (χ4n) is 1.45. The first-order valence-corrected chi connectivity index (χ1v) is 4.86. The molecule has 0 radical (unpaired) electrons. The van der Waals surface area contributed by atoms with Crippen LogP contribution in [0.15, 0.2) is 10.5 Å². The molecule has 0 aliphatic carbocycles. The first-order chi connectivity index (χ1) is 5.95. The zero-order valence-corrected chi connectivity index (χ0v) is 9.51. The van der Waals surface area contributed by atoms with Gasteiger partial charge in [0.1, 0.15) is 0 Å². The minimum Gasteiger partial charge on any atom is -0.423 e. The van der Waals surface area contributed by atoms with Crippen LogP contribution in [0.5, 0.6) is 0 Å². The third-order valence-corrected chi connectivity index (χ3v) is 3.17. The Bertz CT molecular complexity index is 337. The van der Waals surface area contributed by atoms with E-state index in [1.54, 1.807) is 0 Å². The van der Waals surface area contributed by atoms with Crippen LogP contribution in [-0.4, -0.2) is 17.2 Å². The van der Waals surface area contributed by atoms with Crippen molar-refractivity contribution in [2.45, 2.75) is 20.8 Å². The van der Waals surface area contributed by atoms with E-state index in [9.17, 15) is 0 Å². The summed E-state index contributed by atoms with van der Waals surface area (Å²) < 4.78 is 1.01. The average Bonchev–Trinajstić information content (AvgIpc) is 1.99. The van der Waals surface area contributed by atoms with Gasteiger partial charge < -0.3 is 10.0 Å². The topological polar surface area (TPSA) is 40.5 Å². The van der Waals surface area contributed by atoms with Crippen LogP contribution < -0.4 is 5.46 Å². The standard InChI is InChI=1S/C9H12BBrO2/c1-5-4-8(11)6(2)7(3)9(5)10(12)13/h4,12-13H,1-3H3. The molecule has 13 heavy (non-hydrogen) atoms. The van der Waals surface area contributed by atoms with Crippen LogP contribution in [0.3, 0.4) is 0 Å². The second-order valence-corrected chi connectivity index (χ2v) is 4.07. The second-order valence-electron chi connectivity index (χ2n) is 3.21. The van der Waals surface area contributed by atoms with E-state index in [2.05, 4.69) is 15.9 Å². The first-order valence-electron chi connectivity index (χ1n) is 4.07. The summed E-state index contributed by atoms with van der Waals surface area (Å²) in [6, 6.07) is 1.90. The average molecular weight is 243 g/mol. The molecule has 0 fully saturated rings. The van der Waals surface area contributed by atoms with E-state index in [0.29, 0.717) is 5.46 Å². The molecule has 2 nitrogen and oxygen atoms in total. The lowest BCUT2D eigenvalue weighted by Gasteiger charge is -2.13. The largest absolute Gasteiger partial charge is 0.488 e. The van der Waals surface area contributed by atoms with Gasteiger partial charge in [0.2, 0.25) is 0 Å². The number of hydrogen-bond donors (Lipinski definition) is 2. The summed E-state index contributed by atoms with van der Waals surface area (Å²) in [4.78, 5) is 0. The van der Waals surface area contributed by atoms with E-state index < -0.39 is 7.12 Å². The predicted molar refractivity (Wildman–Crippen MR) is 58.2 cm³/mol. The Labute approximate surface area is 86.9 Å². The minimum absolute atomic E-state index is 0.612. The number of benzene rings is 1. The number of aryl methyl sites for hydroxylation is 1. The highest BCUT2D eigenvalue weighted by molar-refractivity contribution is 9.10. The molecule has 0 saturated heterocycles. The van der Waals surface area contributed by atoms with Crippen LogP contribution in [0.1, 0.15) is 16.7 Å². The van der Waals surface area contributed by atoms with Gasteiger partial charge in [-0.1, -0.05) is 15.9 Å². The highest BCUT2D eigenvalue weighted by Crippen LogP contribution is 2.19. The molecule has 0 atom stereocenters. The number of hydrogen-bond acceptors (Lipinski definition) is 2. The summed E-state index contributed by atoms with van der Waals surface area (Å²) >= 11 is 3.42. The van der Waals surface area contributed by atoms with E-state index in [1.165, 1.54) is 0 Å². The van der Waals surface area contributed by atoms with Crippen molar-refractivity contribution in [2.75, 3.05) is 0 Å². The maximum absolute atomic E-state index is 9.14. The number of rotatable bonds is 1. The molecule has 1 aromatic carbocycles. The third-order valence-electron chi connectivity index (χ3n) is 2.35. The van der Waals surface area contributed by atoms with Crippen molar-refractivity contribution in [3.8, 4) is 0 Å². The molecule has 1 aromatic rings. The molecular weight excluding hydrogens is 231 g/mol. The van der Waals surface area contributed by atoms with Gasteiger partial charge in [0, 0.05) is 4.47 Å². The van der Waals surface area contributed by atoms with Crippen molar-refractivity contribution in [3.63, 3.8) is 0 Å². The highest BCUT2D eigenvalue weighted by atomic mass is 79.9. The van der Waals surface area contributed by atoms with Crippen LogP contribution in [0, 0.1) is 20.8 Å². The Morgan fingerprint density at radius 1 is 1.15 bits per heavy atom. The molecular formula is C9H12BBrO2. The minimum atomic E-state index is -1.38. The third kappa shape index (κ3) is 1.95. The molecule has 2 N–H and O–H groups in total. The Balaban J connectivity index is 3.44. The molecule has 0 aromatic heterocycles. The maximum Gasteiger partial charge on any atom is 0.488 e. The molecule has 0 amide bonds. The van der Waals surface area contributed by atoms with Crippen LogP contribution in [0.2, 0.25) is 0 Å². The molecule has 0 aliphatic rings. The van der Waals surface area contributed by atoms with Crippen LogP contribution in [0.25, 0.3) is 0 Å². The Hall–Kier alpha value is -0.315. The van der Waals surface area contributed by atoms with Gasteiger partial charge in [0.05, 0.1) is 0 Å². The van der Waals surface area contributed by atoms with Crippen molar-refractivity contribution >= 4 is 28.5 Å². The van der Waals surface area contributed by atoms with Gasteiger partial charge in [-0.15, -0.1) is 0 Å². The maximum atomic E-state index is 9.14. The van der Waals surface area contributed by atoms with Crippen molar-refractivity contribution < 1.29 is 10.0 Å². The smallest absolute Gasteiger partial charge is 0.423 e.